The van der Waals surface area contributed by atoms with Crippen molar-refractivity contribution in [3.8, 4) is 5.69 Å². The first-order valence-electron chi connectivity index (χ1n) is 8.89. The van der Waals surface area contributed by atoms with Gasteiger partial charge in [0.2, 0.25) is 0 Å². The van der Waals surface area contributed by atoms with E-state index in [2.05, 4.69) is 24.3 Å². The van der Waals surface area contributed by atoms with Crippen LogP contribution in [0.15, 0.2) is 24.3 Å². The van der Waals surface area contributed by atoms with E-state index in [9.17, 15) is 9.18 Å². The van der Waals surface area contributed by atoms with Crippen LogP contribution in [-0.2, 0) is 0 Å². The van der Waals surface area contributed by atoms with Crippen LogP contribution in [0, 0.1) is 11.7 Å². The summed E-state index contributed by atoms with van der Waals surface area (Å²) in [5.74, 6) is 0.103. The number of carbonyl (C=O) groups excluding carboxylic acids is 1. The maximum absolute atomic E-state index is 13.7. The second kappa shape index (κ2) is 7.81. The fourth-order valence-corrected chi connectivity index (χ4v) is 2.81. The van der Waals surface area contributed by atoms with E-state index in [0.717, 1.165) is 11.4 Å². The van der Waals surface area contributed by atoms with Crippen LogP contribution in [0.1, 0.15) is 75.1 Å². The first-order chi connectivity index (χ1) is 11.7. The minimum atomic E-state index is -0.320. The molecule has 2 rings (SSSR count). The molecule has 25 heavy (non-hydrogen) atoms. The predicted molar refractivity (Wildman–Crippen MR) is 98.9 cm³/mol. The molecule has 2 aromatic rings. The first-order valence-corrected chi connectivity index (χ1v) is 8.89. The van der Waals surface area contributed by atoms with Crippen LogP contribution >= 0.6 is 0 Å². The zero-order valence-corrected chi connectivity index (χ0v) is 15.9. The lowest BCUT2D eigenvalue weighted by molar-refractivity contribution is 0.0946. The highest BCUT2D eigenvalue weighted by atomic mass is 19.1. The fraction of sp³-hybridized carbons (Fsp3) is 0.500. The van der Waals surface area contributed by atoms with Crippen LogP contribution in [0.25, 0.3) is 5.69 Å². The van der Waals surface area contributed by atoms with Gasteiger partial charge in [-0.2, -0.15) is 5.10 Å². The standard InChI is InChI=1S/C20H28FN3O/c1-12(2)11-22-20(25)17-18(13(3)4)23-24(19(17)14(5)6)16-9-7-8-15(21)10-16/h7-10,12-14H,11H2,1-6H3,(H,22,25). The summed E-state index contributed by atoms with van der Waals surface area (Å²) in [6, 6.07) is 6.31. The lowest BCUT2D eigenvalue weighted by Gasteiger charge is -2.14. The van der Waals surface area contributed by atoms with Crippen LogP contribution < -0.4 is 5.32 Å². The zero-order chi connectivity index (χ0) is 18.7. The van der Waals surface area contributed by atoms with Gasteiger partial charge in [-0.3, -0.25) is 4.79 Å². The van der Waals surface area contributed by atoms with Gasteiger partial charge in [0, 0.05) is 6.54 Å². The van der Waals surface area contributed by atoms with Gasteiger partial charge in [-0.1, -0.05) is 47.6 Å². The molecule has 4 nitrogen and oxygen atoms in total. The maximum Gasteiger partial charge on any atom is 0.255 e. The molecule has 0 bridgehead atoms. The van der Waals surface area contributed by atoms with Crippen molar-refractivity contribution in [1.29, 1.82) is 0 Å². The average molecular weight is 345 g/mol. The van der Waals surface area contributed by atoms with Crippen molar-refractivity contribution in [1.82, 2.24) is 15.1 Å². The highest BCUT2D eigenvalue weighted by molar-refractivity contribution is 5.97. The van der Waals surface area contributed by atoms with Crippen molar-refractivity contribution in [2.75, 3.05) is 6.54 Å². The number of rotatable bonds is 6. The first kappa shape index (κ1) is 19.2. The molecular weight excluding hydrogens is 317 g/mol. The van der Waals surface area contributed by atoms with Gasteiger partial charge in [0.15, 0.2) is 0 Å². The quantitative estimate of drug-likeness (QED) is 0.829. The predicted octanol–water partition coefficient (Wildman–Crippen LogP) is 4.64. The SMILES string of the molecule is CC(C)CNC(=O)c1c(C(C)C)nn(-c2cccc(F)c2)c1C(C)C. The van der Waals surface area contributed by atoms with Crippen molar-refractivity contribution in [2.24, 2.45) is 5.92 Å². The summed E-state index contributed by atoms with van der Waals surface area (Å²) in [6.07, 6.45) is 0. The number of nitrogens with one attached hydrogen (secondary N) is 1. The molecule has 1 amide bonds. The van der Waals surface area contributed by atoms with Crippen LogP contribution in [-0.4, -0.2) is 22.2 Å². The molecule has 0 saturated heterocycles. The minimum absolute atomic E-state index is 0.0723. The molecule has 136 valence electrons. The van der Waals surface area contributed by atoms with Gasteiger partial charge in [0.1, 0.15) is 5.82 Å². The minimum Gasteiger partial charge on any atom is -0.352 e. The smallest absolute Gasteiger partial charge is 0.255 e. The topological polar surface area (TPSA) is 46.9 Å². The van der Waals surface area contributed by atoms with Crippen molar-refractivity contribution in [3.05, 3.63) is 47.0 Å². The van der Waals surface area contributed by atoms with Crippen LogP contribution in [0.5, 0.6) is 0 Å². The second-order valence-corrected chi connectivity index (χ2v) is 7.45. The van der Waals surface area contributed by atoms with Gasteiger partial charge in [0.25, 0.3) is 5.91 Å². The second-order valence-electron chi connectivity index (χ2n) is 7.45. The van der Waals surface area contributed by atoms with E-state index in [1.54, 1.807) is 10.7 Å². The molecule has 0 aliphatic heterocycles. The summed E-state index contributed by atoms with van der Waals surface area (Å²) in [7, 11) is 0. The van der Waals surface area contributed by atoms with Crippen molar-refractivity contribution in [3.63, 3.8) is 0 Å². The summed E-state index contributed by atoms with van der Waals surface area (Å²) in [6.45, 7) is 12.8. The third-order valence-electron chi connectivity index (χ3n) is 3.99. The van der Waals surface area contributed by atoms with Gasteiger partial charge in [-0.15, -0.1) is 0 Å². The van der Waals surface area contributed by atoms with Crippen molar-refractivity contribution < 1.29 is 9.18 Å². The number of carbonyl (C=O) groups is 1. The van der Waals surface area contributed by atoms with Crippen molar-refractivity contribution >= 4 is 5.91 Å². The van der Waals surface area contributed by atoms with Crippen LogP contribution in [0.4, 0.5) is 4.39 Å². The molecule has 0 saturated carbocycles. The van der Waals surface area contributed by atoms with Gasteiger partial charge in [-0.25, -0.2) is 9.07 Å². The number of hydrogen-bond acceptors (Lipinski definition) is 2. The van der Waals surface area contributed by atoms with E-state index >= 15 is 0 Å². The zero-order valence-electron chi connectivity index (χ0n) is 15.9. The largest absolute Gasteiger partial charge is 0.352 e. The van der Waals surface area contributed by atoms with E-state index in [1.807, 2.05) is 33.8 Å². The number of aromatic nitrogens is 2. The Bertz CT molecular complexity index is 747. The summed E-state index contributed by atoms with van der Waals surface area (Å²) in [5, 5.41) is 7.68. The Hall–Kier alpha value is -2.17. The fourth-order valence-electron chi connectivity index (χ4n) is 2.81. The molecule has 0 atom stereocenters. The van der Waals surface area contributed by atoms with Gasteiger partial charge in [0.05, 0.1) is 22.6 Å². The number of nitrogens with zero attached hydrogens (tertiary/aromatic N) is 2. The Morgan fingerprint density at radius 3 is 2.36 bits per heavy atom. The summed E-state index contributed by atoms with van der Waals surface area (Å²) < 4.78 is 15.4. The molecule has 0 spiro atoms. The molecule has 1 N–H and O–H groups in total. The van der Waals surface area contributed by atoms with Gasteiger partial charge >= 0.3 is 0 Å². The molecule has 0 unspecified atom stereocenters. The maximum atomic E-state index is 13.7. The Labute approximate surface area is 149 Å². The number of benzene rings is 1. The molecule has 1 heterocycles. The number of hydrogen-bond donors (Lipinski definition) is 1. The van der Waals surface area contributed by atoms with E-state index < -0.39 is 0 Å². The average Bonchev–Trinajstić information content (AvgIpc) is 2.93. The lowest BCUT2D eigenvalue weighted by atomic mass is 9.98. The molecule has 0 radical (unpaired) electrons. The van der Waals surface area contributed by atoms with E-state index in [1.165, 1.54) is 12.1 Å². The Balaban J connectivity index is 2.62. The summed E-state index contributed by atoms with van der Waals surface area (Å²) in [4.78, 5) is 12.9. The van der Waals surface area contributed by atoms with Crippen molar-refractivity contribution in [2.45, 2.75) is 53.4 Å². The van der Waals surface area contributed by atoms with E-state index in [0.29, 0.717) is 23.7 Å². The molecule has 0 aliphatic rings. The highest BCUT2D eigenvalue weighted by Crippen LogP contribution is 2.30. The molecule has 1 aromatic heterocycles. The number of halogens is 1. The highest BCUT2D eigenvalue weighted by Gasteiger charge is 2.27. The summed E-state index contributed by atoms with van der Waals surface area (Å²) >= 11 is 0. The molecule has 5 heteroatoms. The van der Waals surface area contributed by atoms with Gasteiger partial charge < -0.3 is 5.32 Å². The Morgan fingerprint density at radius 2 is 1.84 bits per heavy atom. The molecule has 1 aromatic carbocycles. The normalized spacial score (nSPS) is 11.6. The van der Waals surface area contributed by atoms with E-state index in [-0.39, 0.29) is 23.6 Å². The molecular formula is C20H28FN3O. The van der Waals surface area contributed by atoms with Crippen LogP contribution in [0.2, 0.25) is 0 Å². The Morgan fingerprint density at radius 1 is 1.16 bits per heavy atom. The van der Waals surface area contributed by atoms with Crippen LogP contribution in [0.3, 0.4) is 0 Å². The van der Waals surface area contributed by atoms with Gasteiger partial charge in [-0.05, 0) is 36.0 Å². The molecule has 0 aliphatic carbocycles. The lowest BCUT2D eigenvalue weighted by Crippen LogP contribution is -2.29. The monoisotopic (exact) mass is 345 g/mol. The summed E-state index contributed by atoms with van der Waals surface area (Å²) in [5.41, 5.74) is 2.81. The Kier molecular flexibility index (Phi) is 5.98. The molecule has 0 fully saturated rings. The third-order valence-corrected chi connectivity index (χ3v) is 3.99. The third kappa shape index (κ3) is 4.27. The van der Waals surface area contributed by atoms with E-state index in [4.69, 9.17) is 0 Å². The number of amides is 1.